The number of rotatable bonds is 4. The molecule has 1 heterocycles. The van der Waals surface area contributed by atoms with Gasteiger partial charge < -0.3 is 10.6 Å². The van der Waals surface area contributed by atoms with Crippen LogP contribution < -0.4 is 10.6 Å². The molecule has 1 aromatic carbocycles. The number of anilines is 1. The molecular formula is C13H17N3S. The van der Waals surface area contributed by atoms with Gasteiger partial charge in [-0.05, 0) is 17.7 Å². The third-order valence-corrected chi connectivity index (χ3v) is 3.52. The van der Waals surface area contributed by atoms with Crippen molar-refractivity contribution < 1.29 is 0 Å². The lowest BCUT2D eigenvalue weighted by Gasteiger charge is -2.16. The molecule has 0 saturated heterocycles. The molecule has 0 bridgehead atoms. The van der Waals surface area contributed by atoms with Crippen molar-refractivity contribution in [3.63, 3.8) is 0 Å². The number of hydrogen-bond acceptors (Lipinski definition) is 4. The molecule has 0 aliphatic rings. The summed E-state index contributed by atoms with van der Waals surface area (Å²) in [6.45, 7) is 0. The minimum atomic E-state index is 0.0374. The van der Waals surface area contributed by atoms with Crippen LogP contribution in [0.5, 0.6) is 0 Å². The number of nitrogens with zero attached hydrogens (tertiary/aromatic N) is 2. The van der Waals surface area contributed by atoms with Crippen LogP contribution in [0.1, 0.15) is 16.5 Å². The van der Waals surface area contributed by atoms with Gasteiger partial charge in [-0.3, -0.25) is 4.98 Å². The van der Waals surface area contributed by atoms with Gasteiger partial charge in [0.05, 0.1) is 5.51 Å². The molecule has 0 saturated carbocycles. The van der Waals surface area contributed by atoms with Crippen LogP contribution in [0.3, 0.4) is 0 Å². The van der Waals surface area contributed by atoms with Gasteiger partial charge in [0.2, 0.25) is 0 Å². The molecule has 2 N–H and O–H groups in total. The molecule has 1 atom stereocenters. The highest BCUT2D eigenvalue weighted by Gasteiger charge is 2.09. The van der Waals surface area contributed by atoms with Crippen LogP contribution in [-0.2, 0) is 6.42 Å². The predicted octanol–water partition coefficient (Wildman–Crippen LogP) is 2.45. The highest BCUT2D eigenvalue weighted by Crippen LogP contribution is 2.21. The lowest BCUT2D eigenvalue weighted by molar-refractivity contribution is 0.729. The minimum absolute atomic E-state index is 0.0374. The van der Waals surface area contributed by atoms with Crippen molar-refractivity contribution in [1.82, 2.24) is 4.98 Å². The van der Waals surface area contributed by atoms with E-state index in [2.05, 4.69) is 34.1 Å². The molecule has 0 spiro atoms. The summed E-state index contributed by atoms with van der Waals surface area (Å²) < 4.78 is 0. The maximum Gasteiger partial charge on any atom is 0.0794 e. The van der Waals surface area contributed by atoms with E-state index in [9.17, 15) is 0 Å². The number of thiazole rings is 1. The zero-order chi connectivity index (χ0) is 12.3. The lowest BCUT2D eigenvalue weighted by atomic mass is 10.0. The largest absolute Gasteiger partial charge is 0.378 e. The minimum Gasteiger partial charge on any atom is -0.378 e. The average Bonchev–Trinajstić information content (AvgIpc) is 2.82. The van der Waals surface area contributed by atoms with Gasteiger partial charge in [-0.25, -0.2) is 0 Å². The van der Waals surface area contributed by atoms with Crippen LogP contribution in [0.2, 0.25) is 0 Å². The molecule has 90 valence electrons. The fourth-order valence-corrected chi connectivity index (χ4v) is 2.37. The number of aromatic nitrogens is 1. The molecule has 17 heavy (non-hydrogen) atoms. The summed E-state index contributed by atoms with van der Waals surface area (Å²) >= 11 is 1.65. The third-order valence-electron chi connectivity index (χ3n) is 2.72. The quantitative estimate of drug-likeness (QED) is 0.902. The lowest BCUT2D eigenvalue weighted by Crippen LogP contribution is -2.14. The maximum atomic E-state index is 6.22. The summed E-state index contributed by atoms with van der Waals surface area (Å²) in [7, 11) is 4.07. The van der Waals surface area contributed by atoms with Crippen LogP contribution in [0.15, 0.2) is 36.0 Å². The molecule has 0 aliphatic carbocycles. The topological polar surface area (TPSA) is 42.1 Å². The van der Waals surface area contributed by atoms with E-state index in [1.54, 1.807) is 11.3 Å². The van der Waals surface area contributed by atoms with Gasteiger partial charge in [0.15, 0.2) is 0 Å². The SMILES string of the molecule is CN(C)c1cccc(C(N)Cc2cncs2)c1. The van der Waals surface area contributed by atoms with Crippen LogP contribution in [0.4, 0.5) is 5.69 Å². The number of nitrogens with two attached hydrogens (primary N) is 1. The van der Waals surface area contributed by atoms with Crippen molar-refractivity contribution in [2.75, 3.05) is 19.0 Å². The second kappa shape index (κ2) is 5.29. The first kappa shape index (κ1) is 12.1. The smallest absolute Gasteiger partial charge is 0.0794 e. The van der Waals surface area contributed by atoms with E-state index in [0.29, 0.717) is 0 Å². The molecule has 0 aliphatic heterocycles. The second-order valence-corrected chi connectivity index (χ2v) is 5.24. The van der Waals surface area contributed by atoms with Gasteiger partial charge in [0.25, 0.3) is 0 Å². The maximum absolute atomic E-state index is 6.22. The van der Waals surface area contributed by atoms with Crippen molar-refractivity contribution in [1.29, 1.82) is 0 Å². The highest BCUT2D eigenvalue weighted by atomic mass is 32.1. The van der Waals surface area contributed by atoms with E-state index in [4.69, 9.17) is 5.73 Å². The zero-order valence-electron chi connectivity index (χ0n) is 10.1. The van der Waals surface area contributed by atoms with E-state index in [-0.39, 0.29) is 6.04 Å². The Morgan fingerprint density at radius 2 is 2.24 bits per heavy atom. The molecule has 1 unspecified atom stereocenters. The van der Waals surface area contributed by atoms with E-state index in [1.165, 1.54) is 16.1 Å². The standard InChI is InChI=1S/C13H17N3S/c1-16(2)11-5-3-4-10(6-11)13(14)7-12-8-15-9-17-12/h3-6,8-9,13H,7,14H2,1-2H3. The first-order valence-electron chi connectivity index (χ1n) is 5.57. The average molecular weight is 247 g/mol. The Morgan fingerprint density at radius 3 is 2.88 bits per heavy atom. The first-order valence-corrected chi connectivity index (χ1v) is 6.45. The van der Waals surface area contributed by atoms with Gasteiger partial charge in [-0.2, -0.15) is 0 Å². The Bertz CT molecular complexity index is 465. The van der Waals surface area contributed by atoms with E-state index >= 15 is 0 Å². The Kier molecular flexibility index (Phi) is 3.76. The van der Waals surface area contributed by atoms with Crippen LogP contribution in [-0.4, -0.2) is 19.1 Å². The van der Waals surface area contributed by atoms with Crippen molar-refractivity contribution in [3.8, 4) is 0 Å². The normalized spacial score (nSPS) is 12.4. The summed E-state index contributed by atoms with van der Waals surface area (Å²) in [5.74, 6) is 0. The molecule has 0 radical (unpaired) electrons. The molecule has 0 amide bonds. The van der Waals surface area contributed by atoms with Crippen LogP contribution in [0.25, 0.3) is 0 Å². The van der Waals surface area contributed by atoms with E-state index in [0.717, 1.165) is 6.42 Å². The summed E-state index contributed by atoms with van der Waals surface area (Å²) in [6.07, 6.45) is 2.74. The molecule has 4 heteroatoms. The zero-order valence-corrected chi connectivity index (χ0v) is 10.9. The summed E-state index contributed by atoms with van der Waals surface area (Å²) in [6, 6.07) is 8.40. The van der Waals surface area contributed by atoms with Crippen molar-refractivity contribution in [2.45, 2.75) is 12.5 Å². The summed E-state index contributed by atoms with van der Waals surface area (Å²) in [4.78, 5) is 7.39. The highest BCUT2D eigenvalue weighted by molar-refractivity contribution is 7.09. The third kappa shape index (κ3) is 3.05. The van der Waals surface area contributed by atoms with Crippen molar-refractivity contribution in [2.24, 2.45) is 5.73 Å². The summed E-state index contributed by atoms with van der Waals surface area (Å²) in [5, 5.41) is 0. The Labute approximate surface area is 106 Å². The number of hydrogen-bond donors (Lipinski definition) is 1. The molecule has 1 aromatic heterocycles. The van der Waals surface area contributed by atoms with E-state index < -0.39 is 0 Å². The van der Waals surface area contributed by atoms with Crippen LogP contribution in [0, 0.1) is 0 Å². The Hall–Kier alpha value is -1.39. The van der Waals surface area contributed by atoms with Gasteiger partial charge >= 0.3 is 0 Å². The molecule has 2 rings (SSSR count). The Morgan fingerprint density at radius 1 is 1.41 bits per heavy atom. The second-order valence-electron chi connectivity index (χ2n) is 4.27. The van der Waals surface area contributed by atoms with E-state index in [1.807, 2.05) is 25.8 Å². The monoisotopic (exact) mass is 247 g/mol. The van der Waals surface area contributed by atoms with Crippen molar-refractivity contribution in [3.05, 3.63) is 46.4 Å². The van der Waals surface area contributed by atoms with Gasteiger partial charge in [0.1, 0.15) is 0 Å². The fraction of sp³-hybridized carbons (Fsp3) is 0.308. The number of benzene rings is 1. The summed E-state index contributed by atoms with van der Waals surface area (Å²) in [5.41, 5.74) is 10.4. The van der Waals surface area contributed by atoms with Crippen molar-refractivity contribution >= 4 is 17.0 Å². The van der Waals surface area contributed by atoms with Crippen LogP contribution >= 0.6 is 11.3 Å². The fourth-order valence-electron chi connectivity index (χ4n) is 1.71. The first-order chi connectivity index (χ1) is 8.16. The molecule has 0 fully saturated rings. The molecular weight excluding hydrogens is 230 g/mol. The molecule has 2 aromatic rings. The Balaban J connectivity index is 2.13. The predicted molar refractivity (Wildman–Crippen MR) is 73.5 cm³/mol. The van der Waals surface area contributed by atoms with Gasteiger partial charge in [0, 0.05) is 43.3 Å². The van der Waals surface area contributed by atoms with Gasteiger partial charge in [-0.15, -0.1) is 11.3 Å². The molecule has 3 nitrogen and oxygen atoms in total. The van der Waals surface area contributed by atoms with Gasteiger partial charge in [-0.1, -0.05) is 12.1 Å².